The highest BCUT2D eigenvalue weighted by Crippen LogP contribution is 2.45. The molecule has 4 aromatic rings. The Bertz CT molecular complexity index is 1260. The zero-order chi connectivity index (χ0) is 26.1. The van der Waals surface area contributed by atoms with Crippen molar-refractivity contribution in [3.8, 4) is 34.1 Å². The van der Waals surface area contributed by atoms with Crippen molar-refractivity contribution in [2.24, 2.45) is 0 Å². The van der Waals surface area contributed by atoms with E-state index in [4.69, 9.17) is 20.9 Å². The monoisotopic (exact) mass is 504 g/mol. The lowest BCUT2D eigenvalue weighted by Crippen LogP contribution is -2.11. The second-order valence-electron chi connectivity index (χ2n) is 7.75. The molecule has 4 nitrogen and oxygen atoms in total. The molecule has 0 unspecified atom stereocenters. The maximum absolute atomic E-state index is 13.9. The zero-order valence-corrected chi connectivity index (χ0v) is 18.3. The van der Waals surface area contributed by atoms with Gasteiger partial charge >= 0.3 is 12.4 Å². The van der Waals surface area contributed by atoms with Gasteiger partial charge in [0, 0.05) is 11.4 Å². The Labute approximate surface area is 201 Å². The molecule has 0 heterocycles. The van der Waals surface area contributed by atoms with E-state index in [0.717, 1.165) is 12.1 Å². The van der Waals surface area contributed by atoms with E-state index in [9.17, 15) is 26.3 Å². The van der Waals surface area contributed by atoms with E-state index in [-0.39, 0.29) is 23.0 Å². The van der Waals surface area contributed by atoms with Crippen molar-refractivity contribution in [1.29, 1.82) is 0 Å². The van der Waals surface area contributed by atoms with Gasteiger partial charge < -0.3 is 20.9 Å². The molecule has 10 heteroatoms. The number of halogens is 6. The normalized spacial score (nSPS) is 11.8. The topological polar surface area (TPSA) is 70.5 Å². The van der Waals surface area contributed by atoms with Crippen LogP contribution in [0.4, 0.5) is 37.7 Å². The van der Waals surface area contributed by atoms with Gasteiger partial charge in [0.15, 0.2) is 0 Å². The van der Waals surface area contributed by atoms with Crippen LogP contribution in [0.1, 0.15) is 11.1 Å². The lowest BCUT2D eigenvalue weighted by Gasteiger charge is -2.19. The number of nitrogen functional groups attached to an aromatic ring is 2. The first-order chi connectivity index (χ1) is 16.9. The van der Waals surface area contributed by atoms with Crippen LogP contribution in [0.2, 0.25) is 0 Å². The predicted octanol–water partition coefficient (Wildman–Crippen LogP) is 8.14. The van der Waals surface area contributed by atoms with E-state index in [1.165, 1.54) is 60.7 Å². The molecule has 0 radical (unpaired) electrons. The summed E-state index contributed by atoms with van der Waals surface area (Å²) in [6.45, 7) is 0. The number of anilines is 2. The van der Waals surface area contributed by atoms with Gasteiger partial charge in [0.1, 0.15) is 23.0 Å². The molecule has 0 aliphatic heterocycles. The van der Waals surface area contributed by atoms with E-state index < -0.39 is 34.6 Å². The van der Waals surface area contributed by atoms with E-state index in [1.807, 2.05) is 0 Å². The lowest BCUT2D eigenvalue weighted by atomic mass is 9.94. The average Bonchev–Trinajstić information content (AvgIpc) is 2.81. The third kappa shape index (κ3) is 5.65. The van der Waals surface area contributed by atoms with Gasteiger partial charge in [-0.25, -0.2) is 0 Å². The first-order valence-corrected chi connectivity index (χ1v) is 10.4. The van der Waals surface area contributed by atoms with Crippen LogP contribution in [0.3, 0.4) is 0 Å². The van der Waals surface area contributed by atoms with E-state index >= 15 is 0 Å². The lowest BCUT2D eigenvalue weighted by molar-refractivity contribution is -0.139. The fourth-order valence-electron chi connectivity index (χ4n) is 3.46. The van der Waals surface area contributed by atoms with Gasteiger partial charge in [-0.3, -0.25) is 0 Å². The van der Waals surface area contributed by atoms with Crippen LogP contribution < -0.4 is 20.9 Å². The fraction of sp³-hybridized carbons (Fsp3) is 0.0769. The summed E-state index contributed by atoms with van der Waals surface area (Å²) in [5.74, 6) is 0.0240. The number of hydrogen-bond acceptors (Lipinski definition) is 4. The average molecular weight is 504 g/mol. The Kier molecular flexibility index (Phi) is 6.45. The van der Waals surface area contributed by atoms with Crippen molar-refractivity contribution in [2.75, 3.05) is 11.5 Å². The Balaban J connectivity index is 1.76. The Morgan fingerprint density at radius 3 is 1.06 bits per heavy atom. The third-order valence-electron chi connectivity index (χ3n) is 5.11. The molecule has 186 valence electrons. The van der Waals surface area contributed by atoms with Gasteiger partial charge in [-0.1, -0.05) is 12.1 Å². The molecule has 0 saturated heterocycles. The molecule has 0 saturated carbocycles. The smallest absolute Gasteiger partial charge is 0.417 e. The summed E-state index contributed by atoms with van der Waals surface area (Å²) >= 11 is 0. The molecule has 0 aliphatic rings. The van der Waals surface area contributed by atoms with Gasteiger partial charge in [-0.05, 0) is 83.9 Å². The molecule has 0 atom stereocenters. The van der Waals surface area contributed by atoms with Gasteiger partial charge in [0.25, 0.3) is 0 Å². The van der Waals surface area contributed by atoms with Crippen molar-refractivity contribution in [3.05, 3.63) is 96.1 Å². The molecular weight excluding hydrogens is 486 g/mol. The van der Waals surface area contributed by atoms with Crippen LogP contribution in [0.25, 0.3) is 11.1 Å². The summed E-state index contributed by atoms with van der Waals surface area (Å²) in [4.78, 5) is 0. The van der Waals surface area contributed by atoms with Crippen LogP contribution >= 0.6 is 0 Å². The number of hydrogen-bond donors (Lipinski definition) is 2. The summed E-state index contributed by atoms with van der Waals surface area (Å²) in [6.07, 6.45) is -9.92. The van der Waals surface area contributed by atoms with Crippen LogP contribution in [-0.4, -0.2) is 0 Å². The molecule has 36 heavy (non-hydrogen) atoms. The van der Waals surface area contributed by atoms with Crippen LogP contribution in [0, 0.1) is 0 Å². The highest BCUT2D eigenvalue weighted by atomic mass is 19.4. The van der Waals surface area contributed by atoms with Crippen molar-refractivity contribution < 1.29 is 35.8 Å². The number of rotatable bonds is 5. The van der Waals surface area contributed by atoms with Crippen molar-refractivity contribution in [2.45, 2.75) is 12.4 Å². The van der Waals surface area contributed by atoms with E-state index in [2.05, 4.69) is 0 Å². The quantitative estimate of drug-likeness (QED) is 0.213. The molecule has 0 spiro atoms. The van der Waals surface area contributed by atoms with Gasteiger partial charge in [-0.2, -0.15) is 26.3 Å². The summed E-state index contributed by atoms with van der Waals surface area (Å²) in [6, 6.07) is 17.4. The van der Waals surface area contributed by atoms with Crippen molar-refractivity contribution in [3.63, 3.8) is 0 Å². The van der Waals surface area contributed by atoms with Crippen LogP contribution in [0.15, 0.2) is 84.9 Å². The minimum atomic E-state index is -4.96. The molecule has 0 fully saturated rings. The van der Waals surface area contributed by atoms with Crippen molar-refractivity contribution in [1.82, 2.24) is 0 Å². The maximum Gasteiger partial charge on any atom is 0.417 e. The molecule has 0 aliphatic carbocycles. The highest BCUT2D eigenvalue weighted by Gasteiger charge is 2.39. The SMILES string of the molecule is Nc1ccc(Oc2ccc(-c3ccc(Oc4ccc(N)cc4)cc3C(F)(F)F)c(C(F)(F)F)c2)cc1. The fourth-order valence-corrected chi connectivity index (χ4v) is 3.46. The highest BCUT2D eigenvalue weighted by molar-refractivity contribution is 5.74. The summed E-state index contributed by atoms with van der Waals surface area (Å²) in [5, 5.41) is 0. The first-order valence-electron chi connectivity index (χ1n) is 10.4. The molecule has 0 bridgehead atoms. The Hall–Kier alpha value is -4.34. The van der Waals surface area contributed by atoms with E-state index in [0.29, 0.717) is 23.5 Å². The molecule has 4 N–H and O–H groups in total. The summed E-state index contributed by atoms with van der Waals surface area (Å²) in [7, 11) is 0. The Morgan fingerprint density at radius 1 is 0.444 bits per heavy atom. The molecule has 0 aromatic heterocycles. The summed E-state index contributed by atoms with van der Waals surface area (Å²) in [5.41, 5.74) is 8.15. The number of ether oxygens (including phenoxy) is 2. The van der Waals surface area contributed by atoms with E-state index in [1.54, 1.807) is 0 Å². The van der Waals surface area contributed by atoms with Crippen LogP contribution in [-0.2, 0) is 12.4 Å². The molecule has 4 aromatic carbocycles. The third-order valence-corrected chi connectivity index (χ3v) is 5.11. The summed E-state index contributed by atoms with van der Waals surface area (Å²) < 4.78 is 94.6. The van der Waals surface area contributed by atoms with Gasteiger partial charge in [0.05, 0.1) is 11.1 Å². The second kappa shape index (κ2) is 9.37. The molecule has 0 amide bonds. The second-order valence-corrected chi connectivity index (χ2v) is 7.75. The zero-order valence-electron chi connectivity index (χ0n) is 18.3. The van der Waals surface area contributed by atoms with Gasteiger partial charge in [0.2, 0.25) is 0 Å². The maximum atomic E-state index is 13.9. The molecule has 4 rings (SSSR count). The van der Waals surface area contributed by atoms with Crippen molar-refractivity contribution >= 4 is 11.4 Å². The number of benzene rings is 4. The predicted molar refractivity (Wildman–Crippen MR) is 124 cm³/mol. The standard InChI is InChI=1S/C26H18F6N2O2/c27-25(28,29)23-13-19(35-17-5-1-15(33)2-6-17)9-11-21(23)22-12-10-20(14-24(22)26(30,31)32)36-18-7-3-16(34)4-8-18/h1-14H,33-34H2. The molecular formula is C26H18F6N2O2. The minimum absolute atomic E-state index is 0.201. The number of nitrogens with two attached hydrogens (primary N) is 2. The van der Waals surface area contributed by atoms with Crippen LogP contribution in [0.5, 0.6) is 23.0 Å². The largest absolute Gasteiger partial charge is 0.457 e. The number of alkyl halides is 6. The van der Waals surface area contributed by atoms with Gasteiger partial charge in [-0.15, -0.1) is 0 Å². The minimum Gasteiger partial charge on any atom is -0.457 e. The first kappa shape index (κ1) is 24.8. The Morgan fingerprint density at radius 2 is 0.750 bits per heavy atom.